The molecule has 0 aromatic carbocycles. The molecule has 2 heterocycles. The lowest BCUT2D eigenvalue weighted by Gasteiger charge is -1.98. The molecule has 0 amide bonds. The Morgan fingerprint density at radius 3 is 2.71 bits per heavy atom. The van der Waals surface area contributed by atoms with Crippen molar-refractivity contribution in [2.75, 3.05) is 0 Å². The Hall–Kier alpha value is -1.40. The Balaban J connectivity index is 2.71. The predicted molar refractivity (Wildman–Crippen MR) is 53.1 cm³/mol. The zero-order valence-electron chi connectivity index (χ0n) is 7.97. The zero-order valence-corrected chi connectivity index (χ0v) is 7.97. The Morgan fingerprint density at radius 1 is 1.36 bits per heavy atom. The molecule has 2 aromatic heterocycles. The number of aryl methyl sites for hydroxylation is 2. The normalized spacial score (nSPS) is 10.9. The van der Waals surface area contributed by atoms with Gasteiger partial charge in [-0.3, -0.25) is 9.67 Å². The molecule has 2 rings (SSSR count). The van der Waals surface area contributed by atoms with E-state index in [4.69, 9.17) is 10.0 Å². The zero-order chi connectivity index (χ0) is 10.3. The second kappa shape index (κ2) is 3.07. The fourth-order valence-corrected chi connectivity index (χ4v) is 1.46. The summed E-state index contributed by atoms with van der Waals surface area (Å²) < 4.78 is 1.71. The van der Waals surface area contributed by atoms with Crippen molar-refractivity contribution in [1.29, 1.82) is 0 Å². The second-order valence-corrected chi connectivity index (χ2v) is 3.19. The summed E-state index contributed by atoms with van der Waals surface area (Å²) in [4.78, 5) is 4.11. The summed E-state index contributed by atoms with van der Waals surface area (Å²) >= 11 is 0. The molecule has 6 heteroatoms. The van der Waals surface area contributed by atoms with Gasteiger partial charge in [0.1, 0.15) is 5.52 Å². The molecular weight excluding hydrogens is 181 g/mol. The lowest BCUT2D eigenvalue weighted by atomic mass is 9.85. The largest absolute Gasteiger partial charge is 0.508 e. The first-order chi connectivity index (χ1) is 6.59. The highest BCUT2D eigenvalue weighted by Crippen LogP contribution is 2.12. The first-order valence-electron chi connectivity index (χ1n) is 4.26. The Labute approximate surface area is 81.2 Å². The van der Waals surface area contributed by atoms with Gasteiger partial charge in [0.2, 0.25) is 0 Å². The van der Waals surface area contributed by atoms with Crippen LogP contribution in [0.4, 0.5) is 0 Å². The van der Waals surface area contributed by atoms with E-state index in [0.29, 0.717) is 5.52 Å². The molecule has 0 fully saturated rings. The summed E-state index contributed by atoms with van der Waals surface area (Å²) in [6.07, 6.45) is 0. The summed E-state index contributed by atoms with van der Waals surface area (Å²) in [6.45, 7) is 1.84. The van der Waals surface area contributed by atoms with Gasteiger partial charge in [-0.15, -0.1) is 0 Å². The van der Waals surface area contributed by atoms with Crippen LogP contribution in [0.15, 0.2) is 12.1 Å². The summed E-state index contributed by atoms with van der Waals surface area (Å²) in [6, 6.07) is 3.35. The van der Waals surface area contributed by atoms with Gasteiger partial charge < -0.3 is 10.0 Å². The summed E-state index contributed by atoms with van der Waals surface area (Å²) in [5, 5.41) is 22.1. The third-order valence-electron chi connectivity index (χ3n) is 2.15. The van der Waals surface area contributed by atoms with Gasteiger partial charge >= 0.3 is 7.12 Å². The van der Waals surface area contributed by atoms with E-state index >= 15 is 0 Å². The van der Waals surface area contributed by atoms with Crippen LogP contribution in [0.3, 0.4) is 0 Å². The van der Waals surface area contributed by atoms with Crippen LogP contribution in [-0.2, 0) is 7.05 Å². The van der Waals surface area contributed by atoms with Crippen LogP contribution in [0.2, 0.25) is 0 Å². The maximum atomic E-state index is 8.95. The van der Waals surface area contributed by atoms with Crippen molar-refractivity contribution in [3.63, 3.8) is 0 Å². The van der Waals surface area contributed by atoms with Crippen LogP contribution in [0, 0.1) is 6.92 Å². The first-order valence-corrected chi connectivity index (χ1v) is 4.26. The molecule has 0 aliphatic heterocycles. The van der Waals surface area contributed by atoms with Gasteiger partial charge in [0.15, 0.2) is 0 Å². The van der Waals surface area contributed by atoms with Crippen molar-refractivity contribution in [3.8, 4) is 0 Å². The molecule has 72 valence electrons. The van der Waals surface area contributed by atoms with Crippen molar-refractivity contribution >= 4 is 23.7 Å². The molecule has 2 aromatic rings. The van der Waals surface area contributed by atoms with Crippen LogP contribution >= 0.6 is 0 Å². The Morgan fingerprint density at radius 2 is 2.07 bits per heavy atom. The van der Waals surface area contributed by atoms with E-state index in [-0.39, 0.29) is 5.59 Å². The van der Waals surface area contributed by atoms with E-state index in [9.17, 15) is 0 Å². The van der Waals surface area contributed by atoms with Gasteiger partial charge in [0.05, 0.1) is 16.8 Å². The van der Waals surface area contributed by atoms with Gasteiger partial charge in [0, 0.05) is 7.05 Å². The average molecular weight is 191 g/mol. The molecule has 0 bridgehead atoms. The highest BCUT2D eigenvalue weighted by atomic mass is 16.4. The Kier molecular flexibility index (Phi) is 2.01. The minimum atomic E-state index is -1.53. The van der Waals surface area contributed by atoms with Crippen molar-refractivity contribution in [1.82, 2.24) is 14.8 Å². The highest BCUT2D eigenvalue weighted by molar-refractivity contribution is 6.57. The van der Waals surface area contributed by atoms with Gasteiger partial charge in [-0.1, -0.05) is 0 Å². The van der Waals surface area contributed by atoms with E-state index in [1.807, 2.05) is 14.0 Å². The van der Waals surface area contributed by atoms with Gasteiger partial charge in [0.25, 0.3) is 0 Å². The standard InChI is InChI=1S/C8H10BN3O2/c1-5-8-6(12(2)11-5)3-4-7(10-8)9(13)14/h3-4,13-14H,1-2H3. The van der Waals surface area contributed by atoms with E-state index in [1.165, 1.54) is 0 Å². The predicted octanol–water partition coefficient (Wildman–Crippen LogP) is -1.04. The summed E-state index contributed by atoms with van der Waals surface area (Å²) in [5.74, 6) is 0. The van der Waals surface area contributed by atoms with Crippen molar-refractivity contribution < 1.29 is 10.0 Å². The minimum Gasteiger partial charge on any atom is -0.422 e. The number of aromatic nitrogens is 3. The van der Waals surface area contributed by atoms with E-state index in [0.717, 1.165) is 11.2 Å². The smallest absolute Gasteiger partial charge is 0.422 e. The molecule has 0 aliphatic carbocycles. The monoisotopic (exact) mass is 191 g/mol. The van der Waals surface area contributed by atoms with Crippen LogP contribution in [0.25, 0.3) is 11.0 Å². The molecule has 0 radical (unpaired) electrons. The van der Waals surface area contributed by atoms with Crippen LogP contribution in [-0.4, -0.2) is 31.9 Å². The number of nitrogens with zero attached hydrogens (tertiary/aromatic N) is 3. The van der Waals surface area contributed by atoms with E-state index < -0.39 is 7.12 Å². The lowest BCUT2D eigenvalue weighted by molar-refractivity contribution is 0.424. The number of rotatable bonds is 1. The van der Waals surface area contributed by atoms with Gasteiger partial charge in [-0.2, -0.15) is 5.10 Å². The molecular formula is C8H10BN3O2. The lowest BCUT2D eigenvalue weighted by Crippen LogP contribution is -2.32. The minimum absolute atomic E-state index is 0.244. The third kappa shape index (κ3) is 1.28. The third-order valence-corrected chi connectivity index (χ3v) is 2.15. The van der Waals surface area contributed by atoms with E-state index in [2.05, 4.69) is 10.1 Å². The molecule has 2 N–H and O–H groups in total. The molecule has 0 unspecified atom stereocenters. The molecule has 0 saturated carbocycles. The van der Waals surface area contributed by atoms with Gasteiger partial charge in [-0.25, -0.2) is 0 Å². The fourth-order valence-electron chi connectivity index (χ4n) is 1.46. The topological polar surface area (TPSA) is 71.2 Å². The SMILES string of the molecule is Cc1nn(C)c2ccc(B(O)O)nc12. The van der Waals surface area contributed by atoms with Crippen molar-refractivity contribution in [3.05, 3.63) is 17.8 Å². The first kappa shape index (κ1) is 9.17. The number of hydrogen-bond donors (Lipinski definition) is 2. The summed E-state index contributed by atoms with van der Waals surface area (Å²) in [7, 11) is 0.297. The van der Waals surface area contributed by atoms with Crippen LogP contribution in [0.5, 0.6) is 0 Å². The quantitative estimate of drug-likeness (QED) is 0.564. The van der Waals surface area contributed by atoms with Crippen LogP contribution < -0.4 is 5.59 Å². The summed E-state index contributed by atoms with van der Waals surface area (Å²) in [5.41, 5.74) is 2.61. The molecule has 0 saturated heterocycles. The fraction of sp³-hybridized carbons (Fsp3) is 0.250. The molecule has 0 aliphatic rings. The van der Waals surface area contributed by atoms with Gasteiger partial charge in [-0.05, 0) is 19.1 Å². The Bertz CT molecular complexity index is 481. The highest BCUT2D eigenvalue weighted by Gasteiger charge is 2.15. The molecule has 0 spiro atoms. The number of hydrogen-bond acceptors (Lipinski definition) is 4. The maximum absolute atomic E-state index is 8.95. The number of pyridine rings is 1. The van der Waals surface area contributed by atoms with Crippen molar-refractivity contribution in [2.45, 2.75) is 6.92 Å². The number of fused-ring (bicyclic) bond motifs is 1. The van der Waals surface area contributed by atoms with Crippen LogP contribution in [0.1, 0.15) is 5.69 Å². The molecule has 5 nitrogen and oxygen atoms in total. The average Bonchev–Trinajstić information content (AvgIpc) is 2.42. The molecule has 0 atom stereocenters. The van der Waals surface area contributed by atoms with E-state index in [1.54, 1.807) is 16.8 Å². The molecule has 14 heavy (non-hydrogen) atoms. The maximum Gasteiger partial charge on any atom is 0.508 e. The van der Waals surface area contributed by atoms with Crippen molar-refractivity contribution in [2.24, 2.45) is 7.05 Å². The second-order valence-electron chi connectivity index (χ2n) is 3.19.